The van der Waals surface area contributed by atoms with E-state index in [1.807, 2.05) is 0 Å². The molecule has 5 N–H and O–H groups in total. The highest BCUT2D eigenvalue weighted by molar-refractivity contribution is 6.01. The minimum Gasteiger partial charge on any atom is -0.508 e. The molecule has 0 aliphatic carbocycles. The van der Waals surface area contributed by atoms with Gasteiger partial charge in [-0.3, -0.25) is 14.6 Å². The van der Waals surface area contributed by atoms with Crippen LogP contribution in [0, 0.1) is 0 Å². The molecule has 10 nitrogen and oxygen atoms in total. The third-order valence-electron chi connectivity index (χ3n) is 4.40. The van der Waals surface area contributed by atoms with Crippen molar-refractivity contribution in [3.8, 4) is 11.5 Å². The smallest absolute Gasteiger partial charge is 0.330 e. The summed E-state index contributed by atoms with van der Waals surface area (Å²) in [6.07, 6.45) is 0.612. The molecule has 0 aromatic heterocycles. The number of hydrogen-bond acceptors (Lipinski definition) is 8. The molecule has 0 fully saturated rings. The zero-order valence-corrected chi connectivity index (χ0v) is 20.4. The Morgan fingerprint density at radius 3 is 2.41 bits per heavy atom. The molecule has 0 spiro atoms. The number of phenolic OH excluding ortho intramolecular Hbond substituents is 1. The van der Waals surface area contributed by atoms with Gasteiger partial charge in [0.2, 0.25) is 0 Å². The van der Waals surface area contributed by atoms with Gasteiger partial charge in [-0.05, 0) is 52.8 Å². The Morgan fingerprint density at radius 2 is 1.85 bits per heavy atom. The Bertz CT molecular complexity index is 976. The van der Waals surface area contributed by atoms with Crippen molar-refractivity contribution in [2.45, 2.75) is 40.2 Å². The Kier molecular flexibility index (Phi) is 11.5. The summed E-state index contributed by atoms with van der Waals surface area (Å²) < 4.78 is 10.2. The molecule has 10 heteroatoms. The van der Waals surface area contributed by atoms with E-state index in [1.165, 1.54) is 25.3 Å². The molecule has 1 unspecified atom stereocenters. The number of phenols is 1. The van der Waals surface area contributed by atoms with Crippen molar-refractivity contribution in [2.24, 2.45) is 10.7 Å². The third-order valence-corrected chi connectivity index (χ3v) is 4.40. The molecule has 0 aliphatic heterocycles. The van der Waals surface area contributed by atoms with Crippen molar-refractivity contribution in [3.05, 3.63) is 47.2 Å². The van der Waals surface area contributed by atoms with Crippen LogP contribution in [0.4, 0.5) is 0 Å². The summed E-state index contributed by atoms with van der Waals surface area (Å²) in [5.41, 5.74) is 7.41. The normalized spacial score (nSPS) is 11.0. The van der Waals surface area contributed by atoms with Crippen LogP contribution in [0.5, 0.6) is 11.5 Å². The first kappa shape index (κ1) is 28.4. The maximum absolute atomic E-state index is 12.9. The summed E-state index contributed by atoms with van der Waals surface area (Å²) in [5.74, 6) is -1.76. The van der Waals surface area contributed by atoms with Crippen LogP contribution in [0.15, 0.2) is 46.6 Å². The lowest BCUT2D eigenvalue weighted by Crippen LogP contribution is -2.49. The summed E-state index contributed by atoms with van der Waals surface area (Å²) in [6.45, 7) is 11.3. The first-order chi connectivity index (χ1) is 16.0. The van der Waals surface area contributed by atoms with E-state index in [0.717, 1.165) is 0 Å². The highest BCUT2D eigenvalue weighted by atomic mass is 16.5. The average molecular weight is 475 g/mol. The zero-order valence-electron chi connectivity index (χ0n) is 20.4. The van der Waals surface area contributed by atoms with Gasteiger partial charge in [-0.2, -0.15) is 0 Å². The van der Waals surface area contributed by atoms with Gasteiger partial charge in [-0.15, -0.1) is 0 Å². The van der Waals surface area contributed by atoms with Crippen LogP contribution in [-0.4, -0.2) is 61.4 Å². The highest BCUT2D eigenvalue weighted by Crippen LogP contribution is 2.22. The number of aliphatic imine (C=N–C) groups is 1. The molecule has 1 atom stereocenters. The maximum atomic E-state index is 12.9. The number of hydrogen-bond donors (Lipinski definition) is 4. The van der Waals surface area contributed by atoms with Crippen LogP contribution < -0.4 is 21.1 Å². The van der Waals surface area contributed by atoms with Gasteiger partial charge in [0.05, 0.1) is 25.0 Å². The number of aromatic hydroxyl groups is 1. The lowest BCUT2D eigenvalue weighted by atomic mass is 10.1. The van der Waals surface area contributed by atoms with Crippen LogP contribution in [-0.2, 0) is 14.3 Å². The van der Waals surface area contributed by atoms with Crippen LogP contribution in [0.2, 0.25) is 0 Å². The zero-order chi connectivity index (χ0) is 25.8. The molecule has 34 heavy (non-hydrogen) atoms. The van der Waals surface area contributed by atoms with Gasteiger partial charge in [-0.1, -0.05) is 12.2 Å². The lowest BCUT2D eigenvalue weighted by Gasteiger charge is -2.19. The van der Waals surface area contributed by atoms with E-state index in [1.54, 1.807) is 27.7 Å². The molecule has 0 saturated carbocycles. The predicted octanol–water partition coefficient (Wildman–Crippen LogP) is 1.84. The van der Waals surface area contributed by atoms with Crippen molar-refractivity contribution in [1.82, 2.24) is 10.6 Å². The van der Waals surface area contributed by atoms with Gasteiger partial charge >= 0.3 is 5.97 Å². The number of amides is 2. The van der Waals surface area contributed by atoms with E-state index < -0.39 is 23.8 Å². The van der Waals surface area contributed by atoms with Crippen molar-refractivity contribution < 1.29 is 29.0 Å². The molecule has 1 aromatic rings. The topological polar surface area (TPSA) is 152 Å². The number of methoxy groups -OCH3 is 1. The summed E-state index contributed by atoms with van der Waals surface area (Å²) in [5, 5.41) is 15.0. The van der Waals surface area contributed by atoms with Crippen molar-refractivity contribution in [1.29, 1.82) is 0 Å². The number of esters is 1. The fourth-order valence-electron chi connectivity index (χ4n) is 2.91. The third kappa shape index (κ3) is 9.07. The number of benzene rings is 1. The highest BCUT2D eigenvalue weighted by Gasteiger charge is 2.25. The van der Waals surface area contributed by atoms with Gasteiger partial charge in [0, 0.05) is 23.9 Å². The van der Waals surface area contributed by atoms with E-state index >= 15 is 0 Å². The standard InChI is InChI=1S/C24H34N4O6/c1-14(2)21(16(5)27-15(3)4)23(31)28-20(24(32)33-6)13-26-22(30)17-10-18(29)12-19(11-17)34-9-7-8-25/h10-12,20,29H,5,7-9,13,25H2,1-4,6H3,(H,26,30)(H,28,31). The first-order valence-electron chi connectivity index (χ1n) is 10.7. The monoisotopic (exact) mass is 474 g/mol. The van der Waals surface area contributed by atoms with Crippen molar-refractivity contribution >= 4 is 23.5 Å². The summed E-state index contributed by atoms with van der Waals surface area (Å²) in [6, 6.07) is 2.91. The second kappa shape index (κ2) is 13.8. The van der Waals surface area contributed by atoms with Crippen LogP contribution in [0.25, 0.3) is 0 Å². The SMILES string of the molecule is C=C(N=C(C)C)C(C(=O)NC(CNC(=O)c1cc(O)cc(OCCCN)c1)C(=O)OC)=C(C)C. The van der Waals surface area contributed by atoms with E-state index in [2.05, 4.69) is 22.2 Å². The minimum atomic E-state index is -1.17. The van der Waals surface area contributed by atoms with Crippen LogP contribution in [0.3, 0.4) is 0 Å². The number of carbonyl (C=O) groups excluding carboxylic acids is 3. The molecule has 186 valence electrons. The molecular weight excluding hydrogens is 440 g/mol. The van der Waals surface area contributed by atoms with Crippen LogP contribution in [0.1, 0.15) is 44.5 Å². The molecule has 0 saturated heterocycles. The minimum absolute atomic E-state index is 0.115. The molecule has 1 aromatic carbocycles. The Hall–Kier alpha value is -3.66. The molecule has 0 radical (unpaired) electrons. The number of allylic oxidation sites excluding steroid dienone is 1. The summed E-state index contributed by atoms with van der Waals surface area (Å²) in [4.78, 5) is 42.0. The Labute approximate surface area is 199 Å². The number of rotatable bonds is 12. The van der Waals surface area contributed by atoms with Crippen molar-refractivity contribution in [2.75, 3.05) is 26.8 Å². The first-order valence-corrected chi connectivity index (χ1v) is 10.7. The summed E-state index contributed by atoms with van der Waals surface area (Å²) >= 11 is 0. The Balaban J connectivity index is 2.98. The second-order valence-corrected chi connectivity index (χ2v) is 7.85. The predicted molar refractivity (Wildman–Crippen MR) is 130 cm³/mol. The van der Waals surface area contributed by atoms with Crippen molar-refractivity contribution in [3.63, 3.8) is 0 Å². The largest absolute Gasteiger partial charge is 0.508 e. The van der Waals surface area contributed by atoms with E-state index in [9.17, 15) is 19.5 Å². The van der Waals surface area contributed by atoms with Gasteiger partial charge in [0.15, 0.2) is 0 Å². The number of carbonyl (C=O) groups is 3. The van der Waals surface area contributed by atoms with Gasteiger partial charge in [0.1, 0.15) is 17.5 Å². The quantitative estimate of drug-likeness (QED) is 0.119. The number of nitrogens with two attached hydrogens (primary N) is 1. The van der Waals surface area contributed by atoms with E-state index in [-0.39, 0.29) is 29.1 Å². The molecule has 2 amide bonds. The molecular formula is C24H34N4O6. The maximum Gasteiger partial charge on any atom is 0.330 e. The molecule has 0 aliphatic rings. The number of ether oxygens (including phenoxy) is 2. The fraction of sp³-hybridized carbons (Fsp3) is 0.417. The van der Waals surface area contributed by atoms with E-state index in [0.29, 0.717) is 36.6 Å². The lowest BCUT2D eigenvalue weighted by molar-refractivity contribution is -0.144. The second-order valence-electron chi connectivity index (χ2n) is 7.85. The molecule has 0 bridgehead atoms. The van der Waals surface area contributed by atoms with Gasteiger partial charge in [0.25, 0.3) is 11.8 Å². The van der Waals surface area contributed by atoms with E-state index in [4.69, 9.17) is 15.2 Å². The van der Waals surface area contributed by atoms with Crippen LogP contribution >= 0.6 is 0 Å². The number of nitrogens with zero attached hydrogens (tertiary/aromatic N) is 1. The number of nitrogens with one attached hydrogen (secondary N) is 2. The average Bonchev–Trinajstić information content (AvgIpc) is 2.74. The molecule has 1 rings (SSSR count). The van der Waals surface area contributed by atoms with Gasteiger partial charge in [-0.25, -0.2) is 4.79 Å². The van der Waals surface area contributed by atoms with Gasteiger partial charge < -0.3 is 30.9 Å². The Morgan fingerprint density at radius 1 is 1.18 bits per heavy atom. The summed E-state index contributed by atoms with van der Waals surface area (Å²) in [7, 11) is 1.18. The fourth-order valence-corrected chi connectivity index (χ4v) is 2.91. The molecule has 0 heterocycles.